The zero-order valence-corrected chi connectivity index (χ0v) is 19.2. The van der Waals surface area contributed by atoms with Crippen molar-refractivity contribution in [3.05, 3.63) is 83.6 Å². The molecule has 0 amide bonds. The number of H-pyrrole nitrogens is 1. The Kier molecular flexibility index (Phi) is 7.83. The van der Waals surface area contributed by atoms with Gasteiger partial charge in [0.05, 0.1) is 5.54 Å². The fraction of sp³-hybridized carbons (Fsp3) is 0.370. The van der Waals surface area contributed by atoms with Gasteiger partial charge in [-0.15, -0.1) is 0 Å². The van der Waals surface area contributed by atoms with Crippen molar-refractivity contribution < 1.29 is 9.53 Å². The van der Waals surface area contributed by atoms with Crippen LogP contribution in [0.2, 0.25) is 0 Å². The summed E-state index contributed by atoms with van der Waals surface area (Å²) in [6, 6.07) is 20.4. The number of carbonyl (C=O) groups is 1. The van der Waals surface area contributed by atoms with Crippen LogP contribution in [0.5, 0.6) is 0 Å². The molecule has 1 heterocycles. The first-order chi connectivity index (χ1) is 15.0. The van der Waals surface area contributed by atoms with Crippen molar-refractivity contribution in [1.29, 1.82) is 0 Å². The maximum Gasteiger partial charge on any atom is 0.183 e. The van der Waals surface area contributed by atoms with Gasteiger partial charge in [0.15, 0.2) is 5.78 Å². The van der Waals surface area contributed by atoms with Crippen LogP contribution in [-0.4, -0.2) is 49.0 Å². The molecule has 3 aromatic rings. The smallest absolute Gasteiger partial charge is 0.183 e. The number of aromatic nitrogens is 1. The number of aromatic amines is 1. The van der Waals surface area contributed by atoms with Gasteiger partial charge in [-0.2, -0.15) is 0 Å². The lowest BCUT2D eigenvalue weighted by Crippen LogP contribution is -2.52. The van der Waals surface area contributed by atoms with Gasteiger partial charge in [0, 0.05) is 31.2 Å². The Morgan fingerprint density at radius 1 is 1.03 bits per heavy atom. The maximum atomic E-state index is 13.7. The van der Waals surface area contributed by atoms with Crippen molar-refractivity contribution in [1.82, 2.24) is 9.88 Å². The van der Waals surface area contributed by atoms with E-state index in [9.17, 15) is 4.79 Å². The van der Waals surface area contributed by atoms with E-state index in [1.54, 1.807) is 7.11 Å². The van der Waals surface area contributed by atoms with Crippen LogP contribution in [0.25, 0.3) is 11.3 Å². The van der Waals surface area contributed by atoms with Gasteiger partial charge >= 0.3 is 0 Å². The third-order valence-corrected chi connectivity index (χ3v) is 6.22. The van der Waals surface area contributed by atoms with E-state index >= 15 is 0 Å². The van der Waals surface area contributed by atoms with Crippen molar-refractivity contribution in [3.63, 3.8) is 0 Å². The predicted molar refractivity (Wildman–Crippen MR) is 128 cm³/mol. The van der Waals surface area contributed by atoms with Crippen LogP contribution in [0.15, 0.2) is 66.9 Å². The minimum Gasteiger partial charge on any atom is -0.385 e. The van der Waals surface area contributed by atoms with Crippen molar-refractivity contribution in [2.45, 2.75) is 38.1 Å². The van der Waals surface area contributed by atoms with E-state index in [-0.39, 0.29) is 5.78 Å². The number of hydrogen-bond donors (Lipinski definition) is 1. The van der Waals surface area contributed by atoms with Gasteiger partial charge in [-0.3, -0.25) is 9.69 Å². The van der Waals surface area contributed by atoms with Crippen molar-refractivity contribution in [3.8, 4) is 11.3 Å². The Morgan fingerprint density at radius 3 is 2.35 bits per heavy atom. The fourth-order valence-electron chi connectivity index (χ4n) is 4.22. The quantitative estimate of drug-likeness (QED) is 0.335. The second-order valence-electron chi connectivity index (χ2n) is 8.37. The average molecular weight is 419 g/mol. The summed E-state index contributed by atoms with van der Waals surface area (Å²) in [6.07, 6.45) is 5.49. The number of benzene rings is 2. The average Bonchev–Trinajstić information content (AvgIpc) is 3.27. The molecule has 0 aliphatic carbocycles. The highest BCUT2D eigenvalue weighted by Gasteiger charge is 2.39. The Balaban J connectivity index is 1.80. The fourth-order valence-corrected chi connectivity index (χ4v) is 4.22. The lowest BCUT2D eigenvalue weighted by molar-refractivity contribution is 0.0666. The summed E-state index contributed by atoms with van der Waals surface area (Å²) < 4.78 is 5.14. The molecule has 1 unspecified atom stereocenters. The van der Waals surface area contributed by atoms with Gasteiger partial charge in [0.25, 0.3) is 0 Å². The lowest BCUT2D eigenvalue weighted by Gasteiger charge is -2.38. The normalized spacial score (nSPS) is 13.3. The SMILES string of the molecule is CCC(Cc1ccccc1)(C(=O)c1ccc(-c2cc(CCCOC)c[nH]2)cc1)N(C)C. The molecule has 1 atom stereocenters. The van der Waals surface area contributed by atoms with Crippen LogP contribution in [-0.2, 0) is 17.6 Å². The van der Waals surface area contributed by atoms with E-state index in [0.29, 0.717) is 6.42 Å². The Labute approximate surface area is 186 Å². The van der Waals surface area contributed by atoms with Crippen molar-refractivity contribution >= 4 is 5.78 Å². The Hall–Kier alpha value is -2.69. The van der Waals surface area contributed by atoms with Gasteiger partial charge in [-0.1, -0.05) is 61.5 Å². The third-order valence-electron chi connectivity index (χ3n) is 6.22. The molecule has 0 radical (unpaired) electrons. The molecule has 0 aliphatic rings. The second kappa shape index (κ2) is 10.6. The van der Waals surface area contributed by atoms with E-state index in [0.717, 1.165) is 42.7 Å². The first-order valence-corrected chi connectivity index (χ1v) is 11.0. The van der Waals surface area contributed by atoms with Crippen molar-refractivity contribution in [2.24, 2.45) is 0 Å². The number of likely N-dealkylation sites (N-methyl/N-ethyl adjacent to an activating group) is 1. The highest BCUT2D eigenvalue weighted by Crippen LogP contribution is 2.29. The van der Waals surface area contributed by atoms with Gasteiger partial charge in [0.1, 0.15) is 0 Å². The van der Waals surface area contributed by atoms with E-state index in [2.05, 4.69) is 41.2 Å². The number of Topliss-reactive ketones (excluding diaryl/α,β-unsaturated/α-hetero) is 1. The van der Waals surface area contributed by atoms with Crippen LogP contribution >= 0.6 is 0 Å². The van der Waals surface area contributed by atoms with Gasteiger partial charge < -0.3 is 9.72 Å². The number of ketones is 1. The number of methoxy groups -OCH3 is 1. The molecule has 0 spiro atoms. The van der Waals surface area contributed by atoms with E-state index in [1.807, 2.05) is 56.6 Å². The summed E-state index contributed by atoms with van der Waals surface area (Å²) >= 11 is 0. The van der Waals surface area contributed by atoms with Crippen LogP contribution in [0.3, 0.4) is 0 Å². The molecule has 0 aliphatic heterocycles. The number of nitrogens with zero attached hydrogens (tertiary/aromatic N) is 1. The number of ether oxygens (including phenoxy) is 1. The minimum atomic E-state index is -0.566. The number of nitrogens with one attached hydrogen (secondary N) is 1. The van der Waals surface area contributed by atoms with E-state index < -0.39 is 5.54 Å². The standard InChI is InChI=1S/C27H34N2O2/c1-5-27(29(2)3,19-21-10-7-6-8-11-21)26(30)24-15-13-23(14-16-24)25-18-22(20-28-25)12-9-17-31-4/h6-8,10-11,13-16,18,20,28H,5,9,12,17,19H2,1-4H3. The molecule has 0 saturated heterocycles. The number of rotatable bonds is 11. The van der Waals surface area contributed by atoms with Crippen LogP contribution in [0, 0.1) is 0 Å². The van der Waals surface area contributed by atoms with E-state index in [1.165, 1.54) is 11.1 Å². The lowest BCUT2D eigenvalue weighted by atomic mass is 9.80. The molecule has 4 heteroatoms. The number of carbonyl (C=O) groups excluding carboxylic acids is 1. The molecule has 0 fully saturated rings. The molecule has 31 heavy (non-hydrogen) atoms. The summed E-state index contributed by atoms with van der Waals surface area (Å²) in [5.74, 6) is 0.169. The topological polar surface area (TPSA) is 45.3 Å². The van der Waals surface area contributed by atoms with Crippen LogP contribution in [0.4, 0.5) is 0 Å². The summed E-state index contributed by atoms with van der Waals surface area (Å²) in [5.41, 5.74) is 4.80. The maximum absolute atomic E-state index is 13.7. The summed E-state index contributed by atoms with van der Waals surface area (Å²) in [4.78, 5) is 19.1. The first kappa shape index (κ1) is 23.0. The summed E-state index contributed by atoms with van der Waals surface area (Å²) in [5, 5.41) is 0. The summed E-state index contributed by atoms with van der Waals surface area (Å²) in [7, 11) is 5.74. The molecular formula is C27H34N2O2. The summed E-state index contributed by atoms with van der Waals surface area (Å²) in [6.45, 7) is 2.87. The van der Waals surface area contributed by atoms with Crippen molar-refractivity contribution in [2.75, 3.05) is 27.8 Å². The van der Waals surface area contributed by atoms with Crippen LogP contribution in [0.1, 0.15) is 41.3 Å². The van der Waals surface area contributed by atoms with Gasteiger partial charge in [-0.05, 0) is 62.5 Å². The largest absolute Gasteiger partial charge is 0.385 e. The van der Waals surface area contributed by atoms with E-state index in [4.69, 9.17) is 4.74 Å². The van der Waals surface area contributed by atoms with Gasteiger partial charge in [-0.25, -0.2) is 0 Å². The molecule has 1 N–H and O–H groups in total. The molecule has 0 saturated carbocycles. The minimum absolute atomic E-state index is 0.169. The second-order valence-corrected chi connectivity index (χ2v) is 8.37. The molecule has 2 aromatic carbocycles. The molecule has 3 rings (SSSR count). The molecule has 0 bridgehead atoms. The predicted octanol–water partition coefficient (Wildman–Crippen LogP) is 5.40. The Morgan fingerprint density at radius 2 is 1.74 bits per heavy atom. The van der Waals surface area contributed by atoms with Gasteiger partial charge in [0.2, 0.25) is 0 Å². The third kappa shape index (κ3) is 5.33. The van der Waals surface area contributed by atoms with Crippen LogP contribution < -0.4 is 0 Å². The zero-order valence-electron chi connectivity index (χ0n) is 19.2. The number of aryl methyl sites for hydroxylation is 1. The zero-order chi connectivity index (χ0) is 22.3. The highest BCUT2D eigenvalue weighted by molar-refractivity contribution is 6.03. The first-order valence-electron chi connectivity index (χ1n) is 11.0. The molecule has 4 nitrogen and oxygen atoms in total. The monoisotopic (exact) mass is 418 g/mol. The number of hydrogen-bond acceptors (Lipinski definition) is 3. The molecular weight excluding hydrogens is 384 g/mol. The molecule has 164 valence electrons. The molecule has 1 aromatic heterocycles. The highest BCUT2D eigenvalue weighted by atomic mass is 16.5. The Bertz CT molecular complexity index is 960.